The summed E-state index contributed by atoms with van der Waals surface area (Å²) >= 11 is 0. The van der Waals surface area contributed by atoms with E-state index in [1.807, 2.05) is 24.3 Å². The van der Waals surface area contributed by atoms with Crippen LogP contribution in [0.4, 0.5) is 0 Å². The van der Waals surface area contributed by atoms with Crippen LogP contribution >= 0.6 is 0 Å². The Kier molecular flexibility index (Phi) is 2.95. The molecule has 1 unspecified atom stereocenters. The molecule has 0 bridgehead atoms. The molecule has 0 aliphatic heterocycles. The van der Waals surface area contributed by atoms with Gasteiger partial charge in [0.25, 0.3) is 0 Å². The fourth-order valence-corrected chi connectivity index (χ4v) is 2.75. The Bertz CT molecular complexity index is 805. The molecule has 3 aromatic rings. The topological polar surface area (TPSA) is 68.2 Å². The van der Waals surface area contributed by atoms with Crippen molar-refractivity contribution in [2.45, 2.75) is 19.5 Å². The summed E-state index contributed by atoms with van der Waals surface area (Å²) in [5, 5.41) is 11.2. The molecular formula is C16H16N2O2. The molecule has 0 aliphatic carbocycles. The predicted molar refractivity (Wildman–Crippen MR) is 79.7 cm³/mol. The number of aromatic nitrogens is 1. The van der Waals surface area contributed by atoms with Gasteiger partial charge in [-0.2, -0.15) is 0 Å². The minimum atomic E-state index is -1.01. The summed E-state index contributed by atoms with van der Waals surface area (Å²) in [4.78, 5) is 11.0. The monoisotopic (exact) mass is 268 g/mol. The summed E-state index contributed by atoms with van der Waals surface area (Å²) in [6, 6.07) is 12.8. The molecule has 3 N–H and O–H groups in total. The highest BCUT2D eigenvalue weighted by Gasteiger charge is 2.16. The van der Waals surface area contributed by atoms with E-state index in [-0.39, 0.29) is 0 Å². The standard InChI is InChI=1S/C16H16N2O2/c1-2-18-13-6-4-3-5-11(13)12-9-10(7-8-14(12)18)15(17)16(19)20/h3-9,15H,2,17H2,1H3,(H,19,20). The Morgan fingerprint density at radius 3 is 2.60 bits per heavy atom. The highest BCUT2D eigenvalue weighted by Crippen LogP contribution is 2.30. The molecule has 0 fully saturated rings. The van der Waals surface area contributed by atoms with Gasteiger partial charge in [0.15, 0.2) is 0 Å². The number of nitrogens with two attached hydrogens (primary N) is 1. The van der Waals surface area contributed by atoms with Gasteiger partial charge in [0.05, 0.1) is 0 Å². The first-order valence-corrected chi connectivity index (χ1v) is 6.62. The van der Waals surface area contributed by atoms with Crippen molar-refractivity contribution in [2.75, 3.05) is 0 Å². The van der Waals surface area contributed by atoms with Crippen LogP contribution in [0.5, 0.6) is 0 Å². The summed E-state index contributed by atoms with van der Waals surface area (Å²) in [7, 11) is 0. The Morgan fingerprint density at radius 1 is 1.20 bits per heavy atom. The normalized spacial score (nSPS) is 12.9. The molecule has 0 amide bonds. The number of rotatable bonds is 3. The van der Waals surface area contributed by atoms with E-state index in [4.69, 9.17) is 10.8 Å². The predicted octanol–water partition coefficient (Wildman–Crippen LogP) is 2.90. The Balaban J connectivity index is 2.34. The van der Waals surface area contributed by atoms with Crippen molar-refractivity contribution in [3.63, 3.8) is 0 Å². The number of carbonyl (C=O) groups is 1. The molecule has 0 radical (unpaired) electrons. The number of nitrogens with zero attached hydrogens (tertiary/aromatic N) is 1. The molecule has 4 heteroatoms. The molecule has 3 rings (SSSR count). The number of carboxylic acid groups (broad SMARTS) is 1. The van der Waals surface area contributed by atoms with Crippen LogP contribution in [-0.4, -0.2) is 15.6 Å². The van der Waals surface area contributed by atoms with E-state index in [1.54, 1.807) is 6.07 Å². The number of benzene rings is 2. The quantitative estimate of drug-likeness (QED) is 0.767. The Morgan fingerprint density at radius 2 is 1.90 bits per heavy atom. The molecule has 20 heavy (non-hydrogen) atoms. The van der Waals surface area contributed by atoms with Crippen molar-refractivity contribution in [3.05, 3.63) is 48.0 Å². The van der Waals surface area contributed by atoms with Gasteiger partial charge < -0.3 is 15.4 Å². The molecule has 1 atom stereocenters. The maximum atomic E-state index is 11.0. The van der Waals surface area contributed by atoms with E-state index in [9.17, 15) is 4.79 Å². The average molecular weight is 268 g/mol. The van der Waals surface area contributed by atoms with Crippen molar-refractivity contribution in [3.8, 4) is 0 Å². The number of fused-ring (bicyclic) bond motifs is 3. The fraction of sp³-hybridized carbons (Fsp3) is 0.188. The van der Waals surface area contributed by atoms with Crippen molar-refractivity contribution in [1.29, 1.82) is 0 Å². The van der Waals surface area contributed by atoms with Gasteiger partial charge >= 0.3 is 5.97 Å². The van der Waals surface area contributed by atoms with Gasteiger partial charge in [-0.25, -0.2) is 0 Å². The third-order valence-corrected chi connectivity index (χ3v) is 3.74. The number of hydrogen-bond acceptors (Lipinski definition) is 2. The maximum absolute atomic E-state index is 11.0. The molecular weight excluding hydrogens is 252 g/mol. The van der Waals surface area contributed by atoms with Crippen molar-refractivity contribution in [1.82, 2.24) is 4.57 Å². The molecule has 102 valence electrons. The average Bonchev–Trinajstić information content (AvgIpc) is 2.79. The van der Waals surface area contributed by atoms with Gasteiger partial charge in [0, 0.05) is 28.4 Å². The number of aryl methyl sites for hydroxylation is 1. The van der Waals surface area contributed by atoms with Crippen LogP contribution in [0.1, 0.15) is 18.5 Å². The van der Waals surface area contributed by atoms with Crippen molar-refractivity contribution < 1.29 is 9.90 Å². The van der Waals surface area contributed by atoms with Crippen LogP contribution in [0, 0.1) is 0 Å². The lowest BCUT2D eigenvalue weighted by atomic mass is 10.0. The highest BCUT2D eigenvalue weighted by atomic mass is 16.4. The lowest BCUT2D eigenvalue weighted by molar-refractivity contribution is -0.138. The van der Waals surface area contributed by atoms with Crippen LogP contribution in [0.15, 0.2) is 42.5 Å². The molecule has 0 spiro atoms. The first-order chi connectivity index (χ1) is 9.63. The maximum Gasteiger partial charge on any atom is 0.325 e. The zero-order valence-electron chi connectivity index (χ0n) is 11.2. The van der Waals surface area contributed by atoms with Crippen molar-refractivity contribution in [2.24, 2.45) is 5.73 Å². The molecule has 4 nitrogen and oxygen atoms in total. The van der Waals surface area contributed by atoms with E-state index in [1.165, 1.54) is 0 Å². The van der Waals surface area contributed by atoms with Gasteiger partial charge in [-0.1, -0.05) is 24.3 Å². The minimum absolute atomic E-state index is 0.629. The van der Waals surface area contributed by atoms with E-state index in [0.29, 0.717) is 5.56 Å². The zero-order chi connectivity index (χ0) is 14.3. The third kappa shape index (κ3) is 1.77. The molecule has 1 aromatic heterocycles. The Labute approximate surface area is 116 Å². The third-order valence-electron chi connectivity index (χ3n) is 3.74. The number of carboxylic acids is 1. The lowest BCUT2D eigenvalue weighted by Crippen LogP contribution is -2.20. The van der Waals surface area contributed by atoms with Gasteiger partial charge in [-0.3, -0.25) is 4.79 Å². The van der Waals surface area contributed by atoms with Crippen LogP contribution in [0.2, 0.25) is 0 Å². The largest absolute Gasteiger partial charge is 0.480 e. The van der Waals surface area contributed by atoms with Crippen LogP contribution in [-0.2, 0) is 11.3 Å². The SMILES string of the molecule is CCn1c2ccccc2c2cc(C(N)C(=O)O)ccc21. The molecule has 0 saturated heterocycles. The smallest absolute Gasteiger partial charge is 0.325 e. The molecule has 0 aliphatic rings. The number of para-hydroxylation sites is 1. The van der Waals surface area contributed by atoms with Crippen LogP contribution in [0.25, 0.3) is 21.8 Å². The fourth-order valence-electron chi connectivity index (χ4n) is 2.75. The van der Waals surface area contributed by atoms with E-state index in [2.05, 4.69) is 23.6 Å². The van der Waals surface area contributed by atoms with E-state index >= 15 is 0 Å². The van der Waals surface area contributed by atoms with Crippen molar-refractivity contribution >= 4 is 27.8 Å². The number of aliphatic carboxylic acids is 1. The van der Waals surface area contributed by atoms with Crippen LogP contribution in [0.3, 0.4) is 0 Å². The van der Waals surface area contributed by atoms with E-state index in [0.717, 1.165) is 28.4 Å². The van der Waals surface area contributed by atoms with Gasteiger partial charge in [0.2, 0.25) is 0 Å². The van der Waals surface area contributed by atoms with Gasteiger partial charge in [-0.05, 0) is 30.7 Å². The first-order valence-electron chi connectivity index (χ1n) is 6.62. The van der Waals surface area contributed by atoms with Crippen LogP contribution < -0.4 is 5.73 Å². The summed E-state index contributed by atoms with van der Waals surface area (Å²) in [5.41, 5.74) is 8.60. The second-order valence-electron chi connectivity index (χ2n) is 4.85. The van der Waals surface area contributed by atoms with E-state index < -0.39 is 12.0 Å². The molecule has 0 saturated carbocycles. The highest BCUT2D eigenvalue weighted by molar-refractivity contribution is 6.08. The second kappa shape index (κ2) is 4.65. The summed E-state index contributed by atoms with van der Waals surface area (Å²) in [6.45, 7) is 2.97. The summed E-state index contributed by atoms with van der Waals surface area (Å²) in [6.07, 6.45) is 0. The molecule has 1 heterocycles. The lowest BCUT2D eigenvalue weighted by Gasteiger charge is -2.07. The second-order valence-corrected chi connectivity index (χ2v) is 4.85. The zero-order valence-corrected chi connectivity index (χ0v) is 11.2. The summed E-state index contributed by atoms with van der Waals surface area (Å²) in [5.74, 6) is -1.01. The Hall–Kier alpha value is -2.33. The number of hydrogen-bond donors (Lipinski definition) is 2. The van der Waals surface area contributed by atoms with Gasteiger partial charge in [-0.15, -0.1) is 0 Å². The minimum Gasteiger partial charge on any atom is -0.480 e. The summed E-state index contributed by atoms with van der Waals surface area (Å²) < 4.78 is 2.22. The molecule has 2 aromatic carbocycles. The first kappa shape index (κ1) is 12.7. The van der Waals surface area contributed by atoms with Gasteiger partial charge in [0.1, 0.15) is 6.04 Å².